The van der Waals surface area contributed by atoms with Gasteiger partial charge in [0.05, 0.1) is 8.07 Å². The summed E-state index contributed by atoms with van der Waals surface area (Å²) in [4.78, 5) is 9.10. The zero-order valence-corrected chi connectivity index (χ0v) is 35.5. The SMILES string of the molecule is CC(C)c1ccnc(-c2[c-]ccc3c2oc2c(-c4cc[c]([Ge]([CH3])([CH3])[CH3])cc4)c(F)ccc23)c1.C[Si](C)(C)c1ccc(-c2[c-]cccc2)nc1.[Ir]. The summed E-state index contributed by atoms with van der Waals surface area (Å²) in [5, 5.41) is 3.24. The van der Waals surface area contributed by atoms with Crippen LogP contribution in [0.2, 0.25) is 36.9 Å². The molecule has 1 radical (unpaired) electrons. The Hall–Kier alpha value is -3.68. The normalized spacial score (nSPS) is 11.7. The van der Waals surface area contributed by atoms with Gasteiger partial charge in [-0.15, -0.1) is 35.9 Å². The summed E-state index contributed by atoms with van der Waals surface area (Å²) in [6.07, 6.45) is 3.84. The van der Waals surface area contributed by atoms with Gasteiger partial charge in [-0.05, 0) is 22.9 Å². The predicted octanol–water partition coefficient (Wildman–Crippen LogP) is 11.0. The first-order chi connectivity index (χ1) is 23.3. The van der Waals surface area contributed by atoms with E-state index in [4.69, 9.17) is 4.42 Å². The van der Waals surface area contributed by atoms with Gasteiger partial charge in [-0.3, -0.25) is 0 Å². The molecule has 0 saturated carbocycles. The molecule has 50 heavy (non-hydrogen) atoms. The Balaban J connectivity index is 0.000000241. The molecule has 0 unspecified atom stereocenters. The van der Waals surface area contributed by atoms with Crippen molar-refractivity contribution in [1.82, 2.24) is 9.97 Å². The van der Waals surface area contributed by atoms with Gasteiger partial charge in [-0.1, -0.05) is 45.6 Å². The average molecular weight is 916 g/mol. The molecular formula is C43H43FGeIrN2OSi-2. The predicted molar refractivity (Wildman–Crippen MR) is 210 cm³/mol. The number of hydrogen-bond donors (Lipinski definition) is 0. The van der Waals surface area contributed by atoms with Crippen LogP contribution in [0.4, 0.5) is 4.39 Å². The summed E-state index contributed by atoms with van der Waals surface area (Å²) < 4.78 is 23.0. The minimum atomic E-state index is -1.95. The van der Waals surface area contributed by atoms with E-state index in [0.717, 1.165) is 38.9 Å². The third-order valence-electron chi connectivity index (χ3n) is 8.91. The van der Waals surface area contributed by atoms with Crippen molar-refractivity contribution < 1.29 is 28.9 Å². The molecule has 0 aliphatic heterocycles. The van der Waals surface area contributed by atoms with Crippen LogP contribution in [0.1, 0.15) is 25.3 Å². The van der Waals surface area contributed by atoms with Gasteiger partial charge >= 0.3 is 171 Å². The molecule has 0 aliphatic rings. The largest absolute Gasteiger partial charge is 0.305 e. The number of rotatable bonds is 6. The first kappa shape index (κ1) is 37.6. The molecule has 7 aromatic rings. The number of pyridine rings is 2. The summed E-state index contributed by atoms with van der Waals surface area (Å²) >= 11 is -1.95. The van der Waals surface area contributed by atoms with Crippen molar-refractivity contribution in [2.45, 2.75) is 56.7 Å². The molecule has 0 aliphatic carbocycles. The second kappa shape index (κ2) is 15.3. The van der Waals surface area contributed by atoms with Crippen molar-refractivity contribution in [3.8, 4) is 33.6 Å². The molecular weight excluding hydrogens is 872 g/mol. The number of benzene rings is 4. The van der Waals surface area contributed by atoms with E-state index < -0.39 is 21.3 Å². The Morgan fingerprint density at radius 3 is 2.12 bits per heavy atom. The maximum atomic E-state index is 15.2. The monoisotopic (exact) mass is 917 g/mol. The zero-order valence-electron chi connectivity index (χ0n) is 30.0. The molecule has 0 N–H and O–H groups in total. The van der Waals surface area contributed by atoms with Gasteiger partial charge in [0.2, 0.25) is 0 Å². The quantitative estimate of drug-likeness (QED) is 0.123. The molecule has 7 heteroatoms. The molecule has 3 aromatic heterocycles. The van der Waals surface area contributed by atoms with Gasteiger partial charge in [0.1, 0.15) is 0 Å². The zero-order chi connectivity index (χ0) is 34.9. The number of furan rings is 1. The molecule has 0 atom stereocenters. The van der Waals surface area contributed by atoms with Crippen LogP contribution < -0.4 is 9.58 Å². The van der Waals surface area contributed by atoms with Crippen LogP contribution in [-0.4, -0.2) is 31.3 Å². The minimum Gasteiger partial charge on any atom is -0.305 e. The topological polar surface area (TPSA) is 38.9 Å². The molecule has 0 fully saturated rings. The summed E-state index contributed by atoms with van der Waals surface area (Å²) in [5.74, 6) is 7.18. The maximum absolute atomic E-state index is 15.2. The maximum Gasteiger partial charge on any atom is 0.0795 e. The summed E-state index contributed by atoms with van der Waals surface area (Å²) in [7, 11) is -1.23. The molecule has 7 rings (SSSR count). The molecule has 257 valence electrons. The molecule has 0 saturated heterocycles. The van der Waals surface area contributed by atoms with Crippen molar-refractivity contribution >= 4 is 52.9 Å². The first-order valence-corrected chi connectivity index (χ1v) is 27.7. The van der Waals surface area contributed by atoms with Gasteiger partial charge in [0.25, 0.3) is 0 Å². The van der Waals surface area contributed by atoms with Crippen molar-refractivity contribution in [1.29, 1.82) is 0 Å². The molecule has 0 spiro atoms. The van der Waals surface area contributed by atoms with E-state index in [1.54, 1.807) is 6.07 Å². The average Bonchev–Trinajstić information content (AvgIpc) is 3.47. The fraction of sp³-hybridized carbons (Fsp3) is 0.209. The molecule has 3 heterocycles. The van der Waals surface area contributed by atoms with Crippen molar-refractivity contribution in [2.24, 2.45) is 0 Å². The Bertz CT molecular complexity index is 2220. The van der Waals surface area contributed by atoms with E-state index >= 15 is 4.39 Å². The molecule has 0 amide bonds. The van der Waals surface area contributed by atoms with E-state index in [1.165, 1.54) is 21.2 Å². The van der Waals surface area contributed by atoms with E-state index in [1.807, 2.05) is 67.0 Å². The molecule has 3 nitrogen and oxygen atoms in total. The molecule has 4 aromatic carbocycles. The van der Waals surface area contributed by atoms with Crippen molar-refractivity contribution in [3.63, 3.8) is 0 Å². The number of halogens is 1. The first-order valence-electron chi connectivity index (χ1n) is 16.9. The van der Waals surface area contributed by atoms with Gasteiger partial charge in [0.15, 0.2) is 0 Å². The summed E-state index contributed by atoms with van der Waals surface area (Å²) in [6.45, 7) is 11.3. The van der Waals surface area contributed by atoms with E-state index in [2.05, 4.69) is 103 Å². The minimum absolute atomic E-state index is 0. The van der Waals surface area contributed by atoms with Gasteiger partial charge in [-0.2, -0.15) is 0 Å². The Kier molecular flexibility index (Phi) is 11.5. The van der Waals surface area contributed by atoms with E-state index in [-0.39, 0.29) is 25.9 Å². The Morgan fingerprint density at radius 1 is 0.760 bits per heavy atom. The number of hydrogen-bond acceptors (Lipinski definition) is 3. The second-order valence-corrected chi connectivity index (χ2v) is 30.6. The van der Waals surface area contributed by atoms with Crippen molar-refractivity contribution in [2.75, 3.05) is 0 Å². The number of nitrogens with zero attached hydrogens (tertiary/aromatic N) is 2. The van der Waals surface area contributed by atoms with Crippen LogP contribution in [0, 0.1) is 17.9 Å². The van der Waals surface area contributed by atoms with Crippen molar-refractivity contribution in [3.05, 3.63) is 133 Å². The van der Waals surface area contributed by atoms with Crippen LogP contribution in [0.25, 0.3) is 55.6 Å². The Labute approximate surface area is 313 Å². The van der Waals surface area contributed by atoms with Crippen LogP contribution in [0.3, 0.4) is 0 Å². The van der Waals surface area contributed by atoms with Gasteiger partial charge in [-0.25, -0.2) is 0 Å². The van der Waals surface area contributed by atoms with Crippen LogP contribution >= 0.6 is 0 Å². The number of aromatic nitrogens is 2. The van der Waals surface area contributed by atoms with Crippen LogP contribution in [0.15, 0.2) is 114 Å². The smallest absolute Gasteiger partial charge is 0.0795 e. The van der Waals surface area contributed by atoms with Crippen LogP contribution in [-0.2, 0) is 20.1 Å². The molecule has 0 bridgehead atoms. The summed E-state index contributed by atoms with van der Waals surface area (Å²) in [5.41, 5.74) is 7.47. The number of fused-ring (bicyclic) bond motifs is 3. The third kappa shape index (κ3) is 8.10. The standard InChI is InChI=1S/C29H27FGeNO.C14H16NSi.Ir/c1-18(2)20-15-16-32-26(17-20)24-8-6-7-22-23-13-14-25(30)27(29(23)33-28(22)24)19-9-11-21(12-10-19)31(3,4)5;1-16(2,3)13-9-10-14(15-11-13)12-7-5-4-6-8-12;/h6-7,9-18H,1-5H3;4-7,9-11H,1-3H3;/q2*-1;. The Morgan fingerprint density at radius 2 is 1.50 bits per heavy atom. The van der Waals surface area contributed by atoms with Gasteiger partial charge < -0.3 is 4.98 Å². The van der Waals surface area contributed by atoms with E-state index in [0.29, 0.717) is 22.6 Å². The second-order valence-electron chi connectivity index (χ2n) is 14.9. The fourth-order valence-electron chi connectivity index (χ4n) is 5.87. The van der Waals surface area contributed by atoms with Crippen LogP contribution in [0.5, 0.6) is 0 Å². The summed E-state index contributed by atoms with van der Waals surface area (Å²) in [6, 6.07) is 38.4. The van der Waals surface area contributed by atoms with E-state index in [9.17, 15) is 0 Å². The fourth-order valence-corrected chi connectivity index (χ4v) is 9.35. The third-order valence-corrected chi connectivity index (χ3v) is 15.3. The van der Waals surface area contributed by atoms with Gasteiger partial charge in [0, 0.05) is 26.3 Å².